The Morgan fingerprint density at radius 2 is 2.44 bits per heavy atom. The number of imidazole rings is 1. The number of fused-ring (bicyclic) bond motifs is 1. The molecule has 1 atom stereocenters. The van der Waals surface area contributed by atoms with Gasteiger partial charge in [0, 0.05) is 13.0 Å². The molecular weight excluding hydrogens is 230 g/mol. The molecular formula is C10H14ClN3O2. The van der Waals surface area contributed by atoms with E-state index in [1.165, 1.54) is 0 Å². The van der Waals surface area contributed by atoms with Gasteiger partial charge in [-0.2, -0.15) is 0 Å². The zero-order valence-corrected chi connectivity index (χ0v) is 9.79. The summed E-state index contributed by atoms with van der Waals surface area (Å²) >= 11 is 6.13. The number of nitrogens with zero attached hydrogens (tertiary/aromatic N) is 2. The third kappa shape index (κ3) is 1.60. The van der Waals surface area contributed by atoms with Crippen molar-refractivity contribution in [1.82, 2.24) is 9.55 Å². The van der Waals surface area contributed by atoms with Gasteiger partial charge in [0.05, 0.1) is 5.69 Å². The van der Waals surface area contributed by atoms with Crippen molar-refractivity contribution in [1.29, 1.82) is 0 Å². The number of hydrogen-bond acceptors (Lipinski definition) is 3. The highest BCUT2D eigenvalue weighted by molar-refractivity contribution is 6.30. The first-order chi connectivity index (χ1) is 7.48. The maximum absolute atomic E-state index is 11.1. The lowest BCUT2D eigenvalue weighted by atomic mass is 9.89. The highest BCUT2D eigenvalue weighted by Crippen LogP contribution is 2.28. The summed E-state index contributed by atoms with van der Waals surface area (Å²) in [6, 6.07) is 0. The van der Waals surface area contributed by atoms with Gasteiger partial charge in [-0.15, -0.1) is 0 Å². The molecule has 0 aliphatic carbocycles. The van der Waals surface area contributed by atoms with Crippen LogP contribution in [0.4, 0.5) is 0 Å². The zero-order chi connectivity index (χ0) is 11.9. The average Bonchev–Trinajstić information content (AvgIpc) is 2.54. The van der Waals surface area contributed by atoms with Crippen molar-refractivity contribution in [3.8, 4) is 0 Å². The summed E-state index contributed by atoms with van der Waals surface area (Å²) < 4.78 is 1.86. The summed E-state index contributed by atoms with van der Waals surface area (Å²) in [7, 11) is 0. The Morgan fingerprint density at radius 3 is 3.00 bits per heavy atom. The summed E-state index contributed by atoms with van der Waals surface area (Å²) in [6.07, 6.45) is 1.36. The van der Waals surface area contributed by atoms with Crippen LogP contribution in [-0.4, -0.2) is 26.2 Å². The van der Waals surface area contributed by atoms with E-state index in [9.17, 15) is 4.79 Å². The van der Waals surface area contributed by atoms with Gasteiger partial charge in [0.25, 0.3) is 0 Å². The van der Waals surface area contributed by atoms with E-state index in [1.807, 2.05) is 11.5 Å². The average molecular weight is 244 g/mol. The Hall–Kier alpha value is -1.07. The van der Waals surface area contributed by atoms with Gasteiger partial charge in [-0.3, -0.25) is 4.79 Å². The molecule has 2 rings (SSSR count). The summed E-state index contributed by atoms with van der Waals surface area (Å²) in [4.78, 5) is 15.4. The van der Waals surface area contributed by atoms with Gasteiger partial charge in [-0.05, 0) is 12.8 Å². The van der Waals surface area contributed by atoms with Crippen molar-refractivity contribution in [2.45, 2.75) is 38.3 Å². The van der Waals surface area contributed by atoms with E-state index in [1.54, 1.807) is 0 Å². The first-order valence-electron chi connectivity index (χ1n) is 5.24. The number of carbonyl (C=O) groups is 1. The van der Waals surface area contributed by atoms with Crippen molar-refractivity contribution in [2.75, 3.05) is 0 Å². The minimum Gasteiger partial charge on any atom is -0.480 e. The molecule has 0 spiro atoms. The second kappa shape index (κ2) is 3.75. The predicted octanol–water partition coefficient (Wildman–Crippen LogP) is 0.827. The Kier molecular flexibility index (Phi) is 2.67. The molecule has 1 unspecified atom stereocenters. The van der Waals surface area contributed by atoms with E-state index < -0.39 is 11.5 Å². The number of hydrogen-bond donors (Lipinski definition) is 2. The normalized spacial score (nSPS) is 24.2. The van der Waals surface area contributed by atoms with E-state index in [-0.39, 0.29) is 6.42 Å². The minimum absolute atomic E-state index is 0.238. The smallest absolute Gasteiger partial charge is 0.324 e. The number of aliphatic carboxylic acids is 1. The van der Waals surface area contributed by atoms with Crippen molar-refractivity contribution in [2.24, 2.45) is 5.73 Å². The van der Waals surface area contributed by atoms with E-state index in [2.05, 4.69) is 4.98 Å². The van der Waals surface area contributed by atoms with Crippen LogP contribution in [0.2, 0.25) is 5.15 Å². The first kappa shape index (κ1) is 11.4. The maximum Gasteiger partial charge on any atom is 0.324 e. The molecule has 1 aromatic heterocycles. The molecule has 3 N–H and O–H groups in total. The van der Waals surface area contributed by atoms with Crippen LogP contribution in [-0.2, 0) is 24.2 Å². The van der Waals surface area contributed by atoms with Gasteiger partial charge in [0.2, 0.25) is 0 Å². The fourth-order valence-electron chi connectivity index (χ4n) is 1.98. The molecule has 0 saturated carbocycles. The molecule has 2 heterocycles. The monoisotopic (exact) mass is 243 g/mol. The van der Waals surface area contributed by atoms with Crippen LogP contribution in [0.25, 0.3) is 0 Å². The second-order valence-electron chi connectivity index (χ2n) is 4.16. The topological polar surface area (TPSA) is 81.1 Å². The molecule has 1 aromatic rings. The highest BCUT2D eigenvalue weighted by atomic mass is 35.5. The molecule has 0 saturated heterocycles. The van der Waals surface area contributed by atoms with E-state index >= 15 is 0 Å². The van der Waals surface area contributed by atoms with Crippen LogP contribution in [0.1, 0.15) is 24.9 Å². The van der Waals surface area contributed by atoms with Crippen LogP contribution >= 0.6 is 11.6 Å². The highest BCUT2D eigenvalue weighted by Gasteiger charge is 2.39. The lowest BCUT2D eigenvalue weighted by molar-refractivity contribution is -0.144. The molecule has 1 aliphatic heterocycles. The van der Waals surface area contributed by atoms with Crippen molar-refractivity contribution >= 4 is 17.6 Å². The number of carboxylic acids is 1. The predicted molar refractivity (Wildman–Crippen MR) is 59.5 cm³/mol. The van der Waals surface area contributed by atoms with Crippen molar-refractivity contribution < 1.29 is 9.90 Å². The van der Waals surface area contributed by atoms with Crippen molar-refractivity contribution in [3.63, 3.8) is 0 Å². The molecule has 88 valence electrons. The van der Waals surface area contributed by atoms with E-state index in [4.69, 9.17) is 22.4 Å². The lowest BCUT2D eigenvalue weighted by Gasteiger charge is -2.29. The second-order valence-corrected chi connectivity index (χ2v) is 4.52. The molecule has 16 heavy (non-hydrogen) atoms. The molecule has 0 fully saturated rings. The Balaban J connectivity index is 2.38. The van der Waals surface area contributed by atoms with E-state index in [0.717, 1.165) is 12.1 Å². The quantitative estimate of drug-likeness (QED) is 0.806. The number of aryl methyl sites for hydroxylation is 1. The third-order valence-electron chi connectivity index (χ3n) is 3.07. The van der Waals surface area contributed by atoms with Gasteiger partial charge in [-0.25, -0.2) is 4.98 Å². The number of nitrogens with two attached hydrogens (primary N) is 1. The standard InChI is InChI=1S/C10H14ClN3O2/c1-2-6-8(11)14-4-3-10(12,9(15)16)5-7(14)13-6/h2-5,12H2,1H3,(H,15,16). The fraction of sp³-hybridized carbons (Fsp3) is 0.600. The Morgan fingerprint density at radius 1 is 1.75 bits per heavy atom. The molecule has 0 aromatic carbocycles. The van der Waals surface area contributed by atoms with Gasteiger partial charge >= 0.3 is 5.97 Å². The molecule has 0 bridgehead atoms. The van der Waals surface area contributed by atoms with Crippen LogP contribution in [0, 0.1) is 0 Å². The molecule has 0 radical (unpaired) electrons. The summed E-state index contributed by atoms with van der Waals surface area (Å²) in [5.74, 6) is -0.297. The number of carboxylic acid groups (broad SMARTS) is 1. The zero-order valence-electron chi connectivity index (χ0n) is 9.03. The summed E-state index contributed by atoms with van der Waals surface area (Å²) in [5.41, 5.74) is 5.43. The SMILES string of the molecule is CCc1nc2n(c1Cl)CCC(N)(C(=O)O)C2. The molecule has 1 aliphatic rings. The lowest BCUT2D eigenvalue weighted by Crippen LogP contribution is -2.53. The molecule has 5 nitrogen and oxygen atoms in total. The largest absolute Gasteiger partial charge is 0.480 e. The van der Waals surface area contributed by atoms with Gasteiger partial charge in [0.15, 0.2) is 0 Å². The third-order valence-corrected chi connectivity index (χ3v) is 3.49. The van der Waals surface area contributed by atoms with Crippen molar-refractivity contribution in [3.05, 3.63) is 16.7 Å². The van der Waals surface area contributed by atoms with Gasteiger partial charge in [-0.1, -0.05) is 18.5 Å². The Labute approximate surface area is 98.2 Å². The number of rotatable bonds is 2. The number of aromatic nitrogens is 2. The molecule has 0 amide bonds. The fourth-order valence-corrected chi connectivity index (χ4v) is 2.34. The van der Waals surface area contributed by atoms with Gasteiger partial charge in [0.1, 0.15) is 16.5 Å². The van der Waals surface area contributed by atoms with Gasteiger partial charge < -0.3 is 15.4 Å². The van der Waals surface area contributed by atoms with Crippen LogP contribution in [0.3, 0.4) is 0 Å². The van der Waals surface area contributed by atoms with Crippen LogP contribution in [0.15, 0.2) is 0 Å². The molecule has 6 heteroatoms. The maximum atomic E-state index is 11.1. The van der Waals surface area contributed by atoms with E-state index in [0.29, 0.717) is 23.9 Å². The Bertz CT molecular complexity index is 444. The summed E-state index contributed by atoms with van der Waals surface area (Å²) in [6.45, 7) is 2.48. The first-order valence-corrected chi connectivity index (χ1v) is 5.62. The van der Waals surface area contributed by atoms with Crippen LogP contribution < -0.4 is 5.73 Å². The summed E-state index contributed by atoms with van der Waals surface area (Å²) in [5, 5.41) is 9.68. The minimum atomic E-state index is -1.20. The van der Waals surface area contributed by atoms with Crippen LogP contribution in [0.5, 0.6) is 0 Å². The number of halogens is 1.